The van der Waals surface area contributed by atoms with Gasteiger partial charge in [-0.2, -0.15) is 0 Å². The Morgan fingerprint density at radius 3 is 2.57 bits per heavy atom. The zero-order valence-corrected chi connectivity index (χ0v) is 16.7. The molecule has 30 heavy (non-hydrogen) atoms. The number of nitrogens with zero attached hydrogens (tertiary/aromatic N) is 3. The Labute approximate surface area is 174 Å². The second kappa shape index (κ2) is 8.54. The van der Waals surface area contributed by atoms with Crippen LogP contribution in [0.5, 0.6) is 11.5 Å². The fourth-order valence-corrected chi connectivity index (χ4v) is 3.70. The topological polar surface area (TPSA) is 85.2 Å². The van der Waals surface area contributed by atoms with Crippen molar-refractivity contribution in [2.75, 3.05) is 33.0 Å². The number of carbonyl (C=O) groups is 1. The molecule has 0 bridgehead atoms. The third-order valence-corrected chi connectivity index (χ3v) is 5.30. The van der Waals surface area contributed by atoms with Crippen LogP contribution in [0.1, 0.15) is 16.7 Å². The zero-order valence-electron chi connectivity index (χ0n) is 16.7. The minimum Gasteiger partial charge on any atom is -0.454 e. The molecule has 1 saturated heterocycles. The van der Waals surface area contributed by atoms with Crippen molar-refractivity contribution in [1.82, 2.24) is 9.80 Å². The Morgan fingerprint density at radius 1 is 1.13 bits per heavy atom. The van der Waals surface area contributed by atoms with E-state index in [-0.39, 0.29) is 18.4 Å². The van der Waals surface area contributed by atoms with Crippen LogP contribution in [0, 0.1) is 17.0 Å². The van der Waals surface area contributed by atoms with Crippen LogP contribution in [0.2, 0.25) is 0 Å². The number of fused-ring (bicyclic) bond motifs is 1. The highest BCUT2D eigenvalue weighted by Crippen LogP contribution is 2.38. The molecule has 1 amide bonds. The van der Waals surface area contributed by atoms with E-state index in [9.17, 15) is 14.9 Å². The summed E-state index contributed by atoms with van der Waals surface area (Å²) in [5.41, 5.74) is 2.70. The van der Waals surface area contributed by atoms with Crippen LogP contribution in [0.3, 0.4) is 0 Å². The van der Waals surface area contributed by atoms with E-state index in [1.54, 1.807) is 4.90 Å². The molecule has 2 aliphatic heterocycles. The smallest absolute Gasteiger partial charge is 0.280 e. The zero-order chi connectivity index (χ0) is 21.1. The maximum absolute atomic E-state index is 12.6. The molecule has 0 N–H and O–H groups in total. The van der Waals surface area contributed by atoms with E-state index < -0.39 is 4.92 Å². The van der Waals surface area contributed by atoms with Gasteiger partial charge in [0.25, 0.3) is 5.69 Å². The van der Waals surface area contributed by atoms with E-state index in [1.165, 1.54) is 35.4 Å². The number of hydrogen-bond acceptors (Lipinski definition) is 6. The summed E-state index contributed by atoms with van der Waals surface area (Å²) < 4.78 is 10.5. The summed E-state index contributed by atoms with van der Waals surface area (Å²) in [7, 11) is 0. The number of hydrogen-bond donors (Lipinski definition) is 0. The molecule has 0 spiro atoms. The van der Waals surface area contributed by atoms with E-state index in [1.807, 2.05) is 0 Å². The van der Waals surface area contributed by atoms with Crippen LogP contribution in [0.15, 0.2) is 42.5 Å². The second-order valence-electron chi connectivity index (χ2n) is 7.45. The van der Waals surface area contributed by atoms with Crippen LogP contribution in [0.4, 0.5) is 5.69 Å². The lowest BCUT2D eigenvalue weighted by atomic mass is 10.1. The SMILES string of the molecule is Cc1cccc(CN2CCN(C(=O)/C=C/c3cc4c(cc3[N+](=O)[O-])OCO4)CC2)c1. The summed E-state index contributed by atoms with van der Waals surface area (Å²) >= 11 is 0. The number of amides is 1. The quantitative estimate of drug-likeness (QED) is 0.429. The molecular formula is C22H23N3O5. The number of nitro benzene ring substituents is 1. The number of benzene rings is 2. The van der Waals surface area contributed by atoms with Gasteiger partial charge in [0, 0.05) is 38.8 Å². The Morgan fingerprint density at radius 2 is 1.87 bits per heavy atom. The summed E-state index contributed by atoms with van der Waals surface area (Å²) in [4.78, 5) is 27.5. The average molecular weight is 409 g/mol. The first kappa shape index (κ1) is 19.9. The monoisotopic (exact) mass is 409 g/mol. The molecule has 8 nitrogen and oxygen atoms in total. The number of carbonyl (C=O) groups excluding carboxylic acids is 1. The van der Waals surface area contributed by atoms with Crippen molar-refractivity contribution in [2.24, 2.45) is 0 Å². The highest BCUT2D eigenvalue weighted by Gasteiger charge is 2.23. The molecule has 0 aromatic heterocycles. The first-order chi connectivity index (χ1) is 14.5. The molecular weight excluding hydrogens is 386 g/mol. The van der Waals surface area contributed by atoms with Gasteiger partial charge in [-0.1, -0.05) is 29.8 Å². The highest BCUT2D eigenvalue weighted by atomic mass is 16.7. The number of ether oxygens (including phenoxy) is 2. The maximum atomic E-state index is 12.6. The molecule has 2 aromatic rings. The third kappa shape index (κ3) is 4.44. The van der Waals surface area contributed by atoms with E-state index in [0.29, 0.717) is 30.2 Å². The predicted octanol–water partition coefficient (Wildman–Crippen LogP) is 2.99. The van der Waals surface area contributed by atoms with Crippen molar-refractivity contribution in [3.05, 3.63) is 69.3 Å². The van der Waals surface area contributed by atoms with E-state index in [2.05, 4.69) is 36.1 Å². The number of piperazine rings is 1. The summed E-state index contributed by atoms with van der Waals surface area (Å²) in [5, 5.41) is 11.3. The van der Waals surface area contributed by atoms with Crippen molar-refractivity contribution in [1.29, 1.82) is 0 Å². The summed E-state index contributed by atoms with van der Waals surface area (Å²) in [6.07, 6.45) is 2.86. The average Bonchev–Trinajstić information content (AvgIpc) is 3.19. The maximum Gasteiger partial charge on any atom is 0.280 e. The molecule has 1 fully saturated rings. The van der Waals surface area contributed by atoms with Gasteiger partial charge in [0.15, 0.2) is 11.5 Å². The second-order valence-corrected chi connectivity index (χ2v) is 7.45. The van der Waals surface area contributed by atoms with Gasteiger partial charge in [-0.15, -0.1) is 0 Å². The van der Waals surface area contributed by atoms with Crippen molar-refractivity contribution in [2.45, 2.75) is 13.5 Å². The molecule has 156 valence electrons. The Balaban J connectivity index is 1.37. The van der Waals surface area contributed by atoms with Crippen LogP contribution >= 0.6 is 0 Å². The number of rotatable bonds is 5. The van der Waals surface area contributed by atoms with Crippen LogP contribution in [-0.4, -0.2) is 53.6 Å². The minimum atomic E-state index is -0.490. The molecule has 0 atom stereocenters. The van der Waals surface area contributed by atoms with Crippen molar-refractivity contribution < 1.29 is 19.2 Å². The molecule has 2 aliphatic rings. The molecule has 0 saturated carbocycles. The van der Waals surface area contributed by atoms with Gasteiger partial charge in [-0.3, -0.25) is 19.8 Å². The molecule has 8 heteroatoms. The molecule has 0 unspecified atom stereocenters. The highest BCUT2D eigenvalue weighted by molar-refractivity contribution is 5.92. The van der Waals surface area contributed by atoms with Gasteiger partial charge < -0.3 is 14.4 Å². The lowest BCUT2D eigenvalue weighted by Crippen LogP contribution is -2.47. The summed E-state index contributed by atoms with van der Waals surface area (Å²) in [6, 6.07) is 11.3. The Kier molecular flexibility index (Phi) is 5.67. The first-order valence-electron chi connectivity index (χ1n) is 9.82. The van der Waals surface area contributed by atoms with Gasteiger partial charge in [-0.05, 0) is 24.6 Å². The normalized spacial score (nSPS) is 16.2. The largest absolute Gasteiger partial charge is 0.454 e. The van der Waals surface area contributed by atoms with Crippen molar-refractivity contribution >= 4 is 17.7 Å². The lowest BCUT2D eigenvalue weighted by Gasteiger charge is -2.34. The fourth-order valence-electron chi connectivity index (χ4n) is 3.70. The third-order valence-electron chi connectivity index (χ3n) is 5.30. The first-order valence-corrected chi connectivity index (χ1v) is 9.82. The van der Waals surface area contributed by atoms with Crippen molar-refractivity contribution in [3.63, 3.8) is 0 Å². The van der Waals surface area contributed by atoms with Gasteiger partial charge in [0.1, 0.15) is 0 Å². The van der Waals surface area contributed by atoms with Crippen molar-refractivity contribution in [3.8, 4) is 11.5 Å². The minimum absolute atomic E-state index is 0.0331. The molecule has 2 heterocycles. The molecule has 4 rings (SSSR count). The Hall–Kier alpha value is -3.39. The number of aryl methyl sites for hydroxylation is 1. The van der Waals surface area contributed by atoms with Crippen LogP contribution < -0.4 is 9.47 Å². The number of nitro groups is 1. The molecule has 2 aromatic carbocycles. The van der Waals surface area contributed by atoms with Crippen LogP contribution in [0.25, 0.3) is 6.08 Å². The summed E-state index contributed by atoms with van der Waals surface area (Å²) in [6.45, 7) is 5.80. The van der Waals surface area contributed by atoms with Gasteiger partial charge >= 0.3 is 0 Å². The Bertz CT molecular complexity index is 996. The van der Waals surface area contributed by atoms with E-state index >= 15 is 0 Å². The predicted molar refractivity (Wildman–Crippen MR) is 111 cm³/mol. The van der Waals surface area contributed by atoms with Gasteiger partial charge in [0.05, 0.1) is 16.6 Å². The standard InChI is InChI=1S/C22H23N3O5/c1-16-3-2-4-17(11-16)14-23-7-9-24(10-8-23)22(26)6-5-18-12-20-21(30-15-29-20)13-19(18)25(27)28/h2-6,11-13H,7-10,14-15H2,1H3/b6-5+. The van der Waals surface area contributed by atoms with E-state index in [0.717, 1.165) is 19.6 Å². The molecule has 0 radical (unpaired) electrons. The lowest BCUT2D eigenvalue weighted by molar-refractivity contribution is -0.385. The fraction of sp³-hybridized carbons (Fsp3) is 0.318. The molecule has 0 aliphatic carbocycles. The van der Waals surface area contributed by atoms with Gasteiger partial charge in [0.2, 0.25) is 12.7 Å². The van der Waals surface area contributed by atoms with E-state index in [4.69, 9.17) is 9.47 Å². The summed E-state index contributed by atoms with van der Waals surface area (Å²) in [5.74, 6) is 0.629. The van der Waals surface area contributed by atoms with Crippen LogP contribution in [-0.2, 0) is 11.3 Å². The van der Waals surface area contributed by atoms with Gasteiger partial charge in [-0.25, -0.2) is 0 Å².